The van der Waals surface area contributed by atoms with Crippen molar-refractivity contribution < 1.29 is 14.5 Å². The Morgan fingerprint density at radius 1 is 1.36 bits per heavy atom. The van der Waals surface area contributed by atoms with Crippen LogP contribution in [-0.2, 0) is 4.79 Å². The third kappa shape index (κ3) is 3.96. The summed E-state index contributed by atoms with van der Waals surface area (Å²) in [6.07, 6.45) is 1.12. The van der Waals surface area contributed by atoms with Gasteiger partial charge in [-0.1, -0.05) is 19.9 Å². The number of hydrogen-bond donors (Lipinski definition) is 0. The molecule has 1 amide bonds. The highest BCUT2D eigenvalue weighted by molar-refractivity contribution is 5.78. The van der Waals surface area contributed by atoms with Crippen molar-refractivity contribution in [1.29, 1.82) is 0 Å². The second-order valence-electron chi connectivity index (χ2n) is 6.26. The second kappa shape index (κ2) is 6.77. The van der Waals surface area contributed by atoms with Crippen molar-refractivity contribution in [2.75, 3.05) is 19.7 Å². The molecule has 1 aliphatic heterocycles. The Morgan fingerprint density at radius 3 is 2.59 bits per heavy atom. The molecule has 0 unspecified atom stereocenters. The monoisotopic (exact) mass is 306 g/mol. The van der Waals surface area contributed by atoms with Crippen LogP contribution in [0.3, 0.4) is 0 Å². The average molecular weight is 306 g/mol. The molecular weight excluding hydrogens is 284 g/mol. The summed E-state index contributed by atoms with van der Waals surface area (Å²) >= 11 is 0. The van der Waals surface area contributed by atoms with Gasteiger partial charge in [-0.3, -0.25) is 14.9 Å². The number of rotatable bonds is 4. The maximum atomic E-state index is 12.2. The topological polar surface area (TPSA) is 72.7 Å². The van der Waals surface area contributed by atoms with Gasteiger partial charge in [-0.05, 0) is 36.8 Å². The van der Waals surface area contributed by atoms with E-state index in [-0.39, 0.29) is 24.0 Å². The molecule has 0 aliphatic carbocycles. The molecule has 6 nitrogen and oxygen atoms in total. The van der Waals surface area contributed by atoms with Gasteiger partial charge < -0.3 is 9.64 Å². The van der Waals surface area contributed by atoms with E-state index in [0.717, 1.165) is 25.1 Å². The lowest BCUT2D eigenvalue weighted by Crippen LogP contribution is -2.44. The van der Waals surface area contributed by atoms with Gasteiger partial charge in [0.25, 0.3) is 5.91 Å². The summed E-state index contributed by atoms with van der Waals surface area (Å²) in [6, 6.07) is 4.73. The minimum Gasteiger partial charge on any atom is -0.477 e. The summed E-state index contributed by atoms with van der Waals surface area (Å²) in [5.41, 5.74) is 0.678. The summed E-state index contributed by atoms with van der Waals surface area (Å²) in [6.45, 7) is 7.32. The van der Waals surface area contributed by atoms with E-state index in [1.807, 2.05) is 0 Å². The number of amides is 1. The van der Waals surface area contributed by atoms with E-state index in [0.29, 0.717) is 11.8 Å². The third-order valence-corrected chi connectivity index (χ3v) is 3.88. The number of nitro benzene ring substituents is 1. The number of hydrogen-bond acceptors (Lipinski definition) is 4. The molecule has 0 N–H and O–H groups in total. The van der Waals surface area contributed by atoms with Gasteiger partial charge in [0.1, 0.15) is 0 Å². The molecule has 1 saturated heterocycles. The van der Waals surface area contributed by atoms with E-state index in [4.69, 9.17) is 4.74 Å². The fourth-order valence-electron chi connectivity index (χ4n) is 2.99. The van der Waals surface area contributed by atoms with Crippen molar-refractivity contribution in [3.8, 4) is 5.75 Å². The molecule has 1 aromatic carbocycles. The van der Waals surface area contributed by atoms with Crippen molar-refractivity contribution in [1.82, 2.24) is 4.90 Å². The Hall–Kier alpha value is -2.11. The van der Waals surface area contributed by atoms with Crippen LogP contribution < -0.4 is 4.74 Å². The lowest BCUT2D eigenvalue weighted by atomic mass is 9.92. The second-order valence-corrected chi connectivity index (χ2v) is 6.26. The summed E-state index contributed by atoms with van der Waals surface area (Å²) in [5.74, 6) is 0.971. The molecule has 0 saturated carbocycles. The summed E-state index contributed by atoms with van der Waals surface area (Å²) in [5, 5.41) is 11.0. The maximum absolute atomic E-state index is 12.2. The van der Waals surface area contributed by atoms with E-state index in [1.54, 1.807) is 24.0 Å². The van der Waals surface area contributed by atoms with Crippen LogP contribution >= 0.6 is 0 Å². The number of carbonyl (C=O) groups is 1. The van der Waals surface area contributed by atoms with Crippen LogP contribution in [0.1, 0.15) is 25.8 Å². The zero-order valence-electron chi connectivity index (χ0n) is 13.2. The zero-order valence-corrected chi connectivity index (χ0v) is 13.2. The first-order valence-corrected chi connectivity index (χ1v) is 7.52. The number of likely N-dealkylation sites (tertiary alicyclic amines) is 1. The first-order valence-electron chi connectivity index (χ1n) is 7.52. The quantitative estimate of drug-likeness (QED) is 0.633. The van der Waals surface area contributed by atoms with Crippen molar-refractivity contribution >= 4 is 11.6 Å². The number of nitrogens with zero attached hydrogens (tertiary/aromatic N) is 2. The Kier molecular flexibility index (Phi) is 5.00. The molecule has 1 aromatic rings. The van der Waals surface area contributed by atoms with Crippen LogP contribution in [-0.4, -0.2) is 35.4 Å². The van der Waals surface area contributed by atoms with Gasteiger partial charge in [0.05, 0.1) is 4.92 Å². The standard InChI is InChI=1S/C16H22N2O4/c1-11-4-5-15(14(7-11)18(20)21)22-10-16(19)17-8-12(2)6-13(3)9-17/h4-5,7,12-13H,6,8-10H2,1-3H3/t12-,13-/m1/s1. The Morgan fingerprint density at radius 2 is 2.00 bits per heavy atom. The van der Waals surface area contributed by atoms with Gasteiger partial charge >= 0.3 is 5.69 Å². The highest BCUT2D eigenvalue weighted by atomic mass is 16.6. The van der Waals surface area contributed by atoms with Crippen LogP contribution in [0, 0.1) is 28.9 Å². The minimum atomic E-state index is -0.488. The van der Waals surface area contributed by atoms with Gasteiger partial charge in [-0.25, -0.2) is 0 Å². The molecule has 2 atom stereocenters. The molecule has 0 spiro atoms. The van der Waals surface area contributed by atoms with Crippen molar-refractivity contribution in [3.63, 3.8) is 0 Å². The molecule has 1 heterocycles. The van der Waals surface area contributed by atoms with E-state index in [2.05, 4.69) is 13.8 Å². The maximum Gasteiger partial charge on any atom is 0.311 e. The van der Waals surface area contributed by atoms with E-state index in [1.165, 1.54) is 6.07 Å². The van der Waals surface area contributed by atoms with E-state index in [9.17, 15) is 14.9 Å². The van der Waals surface area contributed by atoms with Crippen molar-refractivity contribution in [3.05, 3.63) is 33.9 Å². The minimum absolute atomic E-state index is 0.104. The predicted octanol–water partition coefficient (Wildman–Crippen LogP) is 2.79. The Bertz CT molecular complexity index is 563. The number of nitro groups is 1. The highest BCUT2D eigenvalue weighted by Crippen LogP contribution is 2.28. The molecule has 0 radical (unpaired) electrons. The first-order chi connectivity index (χ1) is 10.4. The van der Waals surface area contributed by atoms with Gasteiger partial charge in [0, 0.05) is 19.2 Å². The summed E-state index contributed by atoms with van der Waals surface area (Å²) in [7, 11) is 0. The van der Waals surface area contributed by atoms with Crippen LogP contribution in [0.2, 0.25) is 0 Å². The Balaban J connectivity index is 2.01. The molecule has 6 heteroatoms. The molecule has 0 aromatic heterocycles. The van der Waals surface area contributed by atoms with E-state index < -0.39 is 4.92 Å². The fourth-order valence-corrected chi connectivity index (χ4v) is 2.99. The SMILES string of the molecule is Cc1ccc(OCC(=O)N2C[C@H](C)C[C@@H](C)C2)c([N+](=O)[O-])c1. The van der Waals surface area contributed by atoms with Crippen LogP contribution in [0.25, 0.3) is 0 Å². The van der Waals surface area contributed by atoms with Gasteiger partial charge in [-0.2, -0.15) is 0 Å². The average Bonchev–Trinajstić information content (AvgIpc) is 2.44. The highest BCUT2D eigenvalue weighted by Gasteiger charge is 2.26. The van der Waals surface area contributed by atoms with Crippen LogP contribution in [0.15, 0.2) is 18.2 Å². The molecule has 2 rings (SSSR count). The number of piperidine rings is 1. The zero-order chi connectivity index (χ0) is 16.3. The van der Waals surface area contributed by atoms with Crippen molar-refractivity contribution in [2.24, 2.45) is 11.8 Å². The predicted molar refractivity (Wildman–Crippen MR) is 82.9 cm³/mol. The largest absolute Gasteiger partial charge is 0.477 e. The van der Waals surface area contributed by atoms with Gasteiger partial charge in [-0.15, -0.1) is 0 Å². The number of aryl methyl sites for hydroxylation is 1. The normalized spacial score (nSPS) is 21.5. The number of ether oxygens (including phenoxy) is 1. The lowest BCUT2D eigenvalue weighted by molar-refractivity contribution is -0.385. The van der Waals surface area contributed by atoms with Gasteiger partial charge in [0.2, 0.25) is 0 Å². The molecule has 22 heavy (non-hydrogen) atoms. The summed E-state index contributed by atoms with van der Waals surface area (Å²) in [4.78, 5) is 24.6. The van der Waals surface area contributed by atoms with Crippen LogP contribution in [0.4, 0.5) is 5.69 Å². The van der Waals surface area contributed by atoms with E-state index >= 15 is 0 Å². The number of benzene rings is 1. The number of carbonyl (C=O) groups excluding carboxylic acids is 1. The molecule has 0 bridgehead atoms. The van der Waals surface area contributed by atoms with Crippen molar-refractivity contribution in [2.45, 2.75) is 27.2 Å². The summed E-state index contributed by atoms with van der Waals surface area (Å²) < 4.78 is 5.41. The molecule has 1 aliphatic rings. The fraction of sp³-hybridized carbons (Fsp3) is 0.562. The molecule has 120 valence electrons. The Labute approximate surface area is 130 Å². The first kappa shape index (κ1) is 16.3. The lowest BCUT2D eigenvalue weighted by Gasteiger charge is -2.34. The molecular formula is C16H22N2O4. The molecule has 1 fully saturated rings. The van der Waals surface area contributed by atoms with Crippen LogP contribution in [0.5, 0.6) is 5.75 Å². The third-order valence-electron chi connectivity index (χ3n) is 3.88. The smallest absolute Gasteiger partial charge is 0.311 e. The van der Waals surface area contributed by atoms with Gasteiger partial charge in [0.15, 0.2) is 12.4 Å².